The Morgan fingerprint density at radius 1 is 1.36 bits per heavy atom. The molecule has 0 aromatic carbocycles. The molecule has 0 radical (unpaired) electrons. The van der Waals surface area contributed by atoms with Gasteiger partial charge in [-0.15, -0.1) is 0 Å². The highest BCUT2D eigenvalue weighted by Crippen LogP contribution is 2.50. The first kappa shape index (κ1) is 9.43. The molecule has 0 aromatic rings. The van der Waals surface area contributed by atoms with Gasteiger partial charge in [0.2, 0.25) is 0 Å². The van der Waals surface area contributed by atoms with Gasteiger partial charge in [0.25, 0.3) is 11.8 Å². The molecule has 0 aromatic heterocycles. The van der Waals surface area contributed by atoms with Crippen LogP contribution in [0.4, 0.5) is 8.78 Å². The zero-order valence-electron chi connectivity index (χ0n) is 7.99. The predicted octanol–water partition coefficient (Wildman–Crippen LogP) is 1.55. The number of hydrogen-bond donors (Lipinski definition) is 1. The number of carbonyl (C=O) groups excluding carboxylic acids is 1. The minimum atomic E-state index is -2.76. The second-order valence-electron chi connectivity index (χ2n) is 3.94. The largest absolute Gasteiger partial charge is 0.480 e. The monoisotopic (exact) mass is 203 g/mol. The summed E-state index contributed by atoms with van der Waals surface area (Å²) in [6.07, 6.45) is -1.03. The van der Waals surface area contributed by atoms with Crippen LogP contribution in [-0.2, 0) is 9.53 Å². The molecule has 78 valence electrons. The Bertz CT molecular complexity index is 328. The third kappa shape index (κ3) is 1.19. The van der Waals surface area contributed by atoms with Crippen LogP contribution in [0.25, 0.3) is 0 Å². The van der Waals surface area contributed by atoms with Gasteiger partial charge in [0.15, 0.2) is 5.60 Å². The van der Waals surface area contributed by atoms with E-state index in [0.717, 1.165) is 0 Å². The van der Waals surface area contributed by atoms with Gasteiger partial charge in [-0.25, -0.2) is 8.78 Å². The number of alkyl halides is 2. The summed E-state index contributed by atoms with van der Waals surface area (Å²) >= 11 is 0. The van der Waals surface area contributed by atoms with Crippen molar-refractivity contribution in [2.45, 2.75) is 38.2 Å². The zero-order chi connectivity index (χ0) is 10.6. The van der Waals surface area contributed by atoms with E-state index in [-0.39, 0.29) is 0 Å². The minimum absolute atomic E-state index is 0.452. The number of allylic oxidation sites excluding steroid dienone is 2. The molecule has 0 atom stereocenters. The van der Waals surface area contributed by atoms with Gasteiger partial charge < -0.3 is 10.1 Å². The molecule has 1 N–H and O–H groups in total. The summed E-state index contributed by atoms with van der Waals surface area (Å²) in [6, 6.07) is 0. The maximum atomic E-state index is 12.7. The third-order valence-electron chi connectivity index (χ3n) is 2.68. The molecule has 2 aliphatic rings. The fraction of sp³-hybridized carbons (Fsp3) is 0.667. The van der Waals surface area contributed by atoms with Gasteiger partial charge >= 0.3 is 0 Å². The average molecular weight is 203 g/mol. The van der Waals surface area contributed by atoms with E-state index in [1.54, 1.807) is 13.8 Å². The van der Waals surface area contributed by atoms with Crippen molar-refractivity contribution in [1.29, 1.82) is 0 Å². The highest BCUT2D eigenvalue weighted by molar-refractivity contribution is 5.89. The molecule has 5 heteroatoms. The third-order valence-corrected chi connectivity index (χ3v) is 2.68. The summed E-state index contributed by atoms with van der Waals surface area (Å²) in [6.45, 7) is 3.34. The molecule has 3 nitrogen and oxygen atoms in total. The number of halogens is 2. The topological polar surface area (TPSA) is 38.3 Å². The lowest BCUT2D eigenvalue weighted by Crippen LogP contribution is -2.63. The molecule has 1 fully saturated rings. The van der Waals surface area contributed by atoms with E-state index < -0.39 is 30.3 Å². The lowest BCUT2D eigenvalue weighted by molar-refractivity contribution is -0.217. The Morgan fingerprint density at radius 2 is 1.93 bits per heavy atom. The van der Waals surface area contributed by atoms with Crippen LogP contribution in [0, 0.1) is 0 Å². The van der Waals surface area contributed by atoms with Crippen LogP contribution in [-0.4, -0.2) is 17.4 Å². The summed E-state index contributed by atoms with van der Waals surface area (Å²) in [5, 5.41) is 2.54. The number of carbonyl (C=O) groups is 1. The summed E-state index contributed by atoms with van der Waals surface area (Å²) < 4.78 is 30.6. The van der Waals surface area contributed by atoms with Crippen molar-refractivity contribution in [2.75, 3.05) is 0 Å². The molecule has 1 amide bonds. The van der Waals surface area contributed by atoms with Gasteiger partial charge in [0, 0.05) is 0 Å². The van der Waals surface area contributed by atoms with Gasteiger partial charge in [0.1, 0.15) is 5.76 Å². The Labute approximate surface area is 80.1 Å². The molecule has 14 heavy (non-hydrogen) atoms. The molecule has 2 rings (SSSR count). The number of nitrogens with one attached hydrogen (secondary N) is 1. The number of hydrogen-bond acceptors (Lipinski definition) is 2. The zero-order valence-corrected chi connectivity index (χ0v) is 7.99. The van der Waals surface area contributed by atoms with E-state index in [2.05, 4.69) is 5.32 Å². The maximum absolute atomic E-state index is 12.7. The summed E-state index contributed by atoms with van der Waals surface area (Å²) in [5.74, 6) is -2.70. The highest BCUT2D eigenvalue weighted by Gasteiger charge is 2.64. The summed E-state index contributed by atoms with van der Waals surface area (Å²) in [7, 11) is 0. The first-order valence-corrected chi connectivity index (χ1v) is 4.40. The van der Waals surface area contributed by atoms with Crippen LogP contribution >= 0.6 is 0 Å². The van der Waals surface area contributed by atoms with Gasteiger partial charge in [0.05, 0.1) is 18.5 Å². The maximum Gasteiger partial charge on any atom is 0.268 e. The fourth-order valence-electron chi connectivity index (χ4n) is 1.80. The molecular formula is C9H11F2NO2. The second kappa shape index (κ2) is 2.46. The lowest BCUT2D eigenvalue weighted by atomic mass is 9.75. The minimum Gasteiger partial charge on any atom is -0.480 e. The van der Waals surface area contributed by atoms with Crippen molar-refractivity contribution in [2.24, 2.45) is 0 Å². The number of amides is 1. The smallest absolute Gasteiger partial charge is 0.268 e. The van der Waals surface area contributed by atoms with Gasteiger partial charge in [-0.3, -0.25) is 4.79 Å². The first-order chi connectivity index (χ1) is 6.35. The molecule has 1 saturated carbocycles. The first-order valence-electron chi connectivity index (χ1n) is 4.40. The fourth-order valence-corrected chi connectivity index (χ4v) is 1.80. The Balaban J connectivity index is 2.21. The van der Waals surface area contributed by atoms with Crippen LogP contribution in [0.15, 0.2) is 11.5 Å². The quantitative estimate of drug-likeness (QED) is 0.648. The molecule has 1 aliphatic heterocycles. The van der Waals surface area contributed by atoms with E-state index >= 15 is 0 Å². The molecule has 0 bridgehead atoms. The van der Waals surface area contributed by atoms with E-state index in [1.165, 1.54) is 0 Å². The van der Waals surface area contributed by atoms with Crippen molar-refractivity contribution < 1.29 is 18.3 Å². The predicted molar refractivity (Wildman–Crippen MR) is 44.5 cm³/mol. The van der Waals surface area contributed by atoms with Crippen LogP contribution in [0.1, 0.15) is 26.7 Å². The Morgan fingerprint density at radius 3 is 2.43 bits per heavy atom. The van der Waals surface area contributed by atoms with Gasteiger partial charge in [-0.1, -0.05) is 0 Å². The van der Waals surface area contributed by atoms with Crippen molar-refractivity contribution in [3.05, 3.63) is 11.5 Å². The molecule has 1 spiro atoms. The highest BCUT2D eigenvalue weighted by atomic mass is 19.3. The summed E-state index contributed by atoms with van der Waals surface area (Å²) in [5.41, 5.74) is -0.719. The molecular weight excluding hydrogens is 192 g/mol. The second-order valence-corrected chi connectivity index (χ2v) is 3.94. The summed E-state index contributed by atoms with van der Waals surface area (Å²) in [4.78, 5) is 11.4. The number of ether oxygens (including phenoxy) is 1. The van der Waals surface area contributed by atoms with Crippen molar-refractivity contribution >= 4 is 5.91 Å². The molecule has 0 saturated heterocycles. The van der Waals surface area contributed by atoms with E-state index in [0.29, 0.717) is 11.5 Å². The van der Waals surface area contributed by atoms with Crippen LogP contribution in [0.2, 0.25) is 0 Å². The van der Waals surface area contributed by atoms with Gasteiger partial charge in [-0.05, 0) is 13.8 Å². The van der Waals surface area contributed by atoms with Gasteiger partial charge in [-0.2, -0.15) is 0 Å². The standard InChI is InChI=1S/C9H11F2NO2/c1-5-6(2)14-8(7(13)12-5)3-9(10,11)4-8/h3-4H2,1-2H3,(H,12,13). The van der Waals surface area contributed by atoms with E-state index in [9.17, 15) is 13.6 Å². The SMILES string of the molecule is CC1=C(C)OC2(CC(F)(F)C2)C(=O)N1. The van der Waals surface area contributed by atoms with Crippen molar-refractivity contribution in [3.8, 4) is 0 Å². The average Bonchev–Trinajstić information content (AvgIpc) is 1.97. The van der Waals surface area contributed by atoms with Crippen LogP contribution < -0.4 is 5.32 Å². The van der Waals surface area contributed by atoms with Crippen LogP contribution in [0.3, 0.4) is 0 Å². The van der Waals surface area contributed by atoms with Crippen LogP contribution in [0.5, 0.6) is 0 Å². The lowest BCUT2D eigenvalue weighted by Gasteiger charge is -2.47. The molecule has 0 unspecified atom stereocenters. The Kier molecular flexibility index (Phi) is 1.66. The normalized spacial score (nSPS) is 28.1. The van der Waals surface area contributed by atoms with Crippen molar-refractivity contribution in [3.63, 3.8) is 0 Å². The van der Waals surface area contributed by atoms with E-state index in [4.69, 9.17) is 4.74 Å². The van der Waals surface area contributed by atoms with Crippen molar-refractivity contribution in [1.82, 2.24) is 5.32 Å². The molecule has 1 aliphatic carbocycles. The number of rotatable bonds is 0. The van der Waals surface area contributed by atoms with E-state index in [1.807, 2.05) is 0 Å². The molecule has 1 heterocycles. The Hall–Kier alpha value is -1.13.